The molecule has 0 aliphatic carbocycles. The van der Waals surface area contributed by atoms with Crippen molar-refractivity contribution in [3.05, 3.63) is 35.9 Å². The lowest BCUT2D eigenvalue weighted by Crippen LogP contribution is -2.33. The van der Waals surface area contributed by atoms with E-state index in [0.717, 1.165) is 12.1 Å². The maximum Gasteiger partial charge on any atom is 0.225 e. The topological polar surface area (TPSA) is 56.1 Å². The molecule has 1 N–H and O–H groups in total. The Labute approximate surface area is 108 Å². The molecular formula is C14H19N3O. The van der Waals surface area contributed by atoms with Gasteiger partial charge in [-0.05, 0) is 12.1 Å². The van der Waals surface area contributed by atoms with Crippen LogP contribution in [0.5, 0.6) is 0 Å². The normalized spacial score (nSPS) is 9.78. The minimum Gasteiger partial charge on any atom is -0.325 e. The number of benzene rings is 1. The van der Waals surface area contributed by atoms with Crippen molar-refractivity contribution in [3.8, 4) is 6.07 Å². The first kappa shape index (κ1) is 14.2. The quantitative estimate of drug-likeness (QED) is 0.585. The molecule has 96 valence electrons. The molecule has 0 aliphatic rings. The van der Waals surface area contributed by atoms with Gasteiger partial charge in [0.1, 0.15) is 6.54 Å². The molecule has 0 aromatic heterocycles. The first-order valence-electron chi connectivity index (χ1n) is 6.17. The Balaban J connectivity index is 2.54. The van der Waals surface area contributed by atoms with Gasteiger partial charge in [0.15, 0.2) is 0 Å². The van der Waals surface area contributed by atoms with Gasteiger partial charge in [0.25, 0.3) is 0 Å². The first-order valence-corrected chi connectivity index (χ1v) is 6.17. The van der Waals surface area contributed by atoms with Crippen LogP contribution in [0.3, 0.4) is 0 Å². The lowest BCUT2D eigenvalue weighted by molar-refractivity contribution is -0.131. The van der Waals surface area contributed by atoms with Gasteiger partial charge < -0.3 is 10.2 Å². The van der Waals surface area contributed by atoms with Crippen LogP contribution < -0.4 is 5.32 Å². The number of amides is 1. The summed E-state index contributed by atoms with van der Waals surface area (Å²) in [7, 11) is 0. The maximum atomic E-state index is 11.9. The fourth-order valence-electron chi connectivity index (χ4n) is 1.65. The van der Waals surface area contributed by atoms with Crippen LogP contribution in [0.2, 0.25) is 0 Å². The second kappa shape index (κ2) is 8.26. The Morgan fingerprint density at radius 2 is 2.11 bits per heavy atom. The Morgan fingerprint density at radius 1 is 1.39 bits per heavy atom. The molecule has 18 heavy (non-hydrogen) atoms. The third kappa shape index (κ3) is 4.98. The molecule has 4 nitrogen and oxygen atoms in total. The van der Waals surface area contributed by atoms with Crippen LogP contribution in [-0.2, 0) is 11.3 Å². The van der Waals surface area contributed by atoms with Gasteiger partial charge in [0, 0.05) is 19.5 Å². The number of carbonyl (C=O) groups excluding carboxylic acids is 1. The summed E-state index contributed by atoms with van der Waals surface area (Å²) in [6, 6.07) is 11.8. The third-order valence-corrected chi connectivity index (χ3v) is 2.60. The van der Waals surface area contributed by atoms with E-state index in [1.807, 2.05) is 43.3 Å². The van der Waals surface area contributed by atoms with Crippen LogP contribution >= 0.6 is 0 Å². The van der Waals surface area contributed by atoms with Gasteiger partial charge in [-0.3, -0.25) is 4.79 Å². The molecule has 0 atom stereocenters. The summed E-state index contributed by atoms with van der Waals surface area (Å²) < 4.78 is 0. The Bertz CT molecular complexity index is 397. The van der Waals surface area contributed by atoms with Crippen molar-refractivity contribution in [2.75, 3.05) is 19.6 Å². The van der Waals surface area contributed by atoms with Crippen molar-refractivity contribution in [1.82, 2.24) is 10.2 Å². The van der Waals surface area contributed by atoms with Crippen LogP contribution in [-0.4, -0.2) is 30.4 Å². The number of hydrogen-bond acceptors (Lipinski definition) is 3. The van der Waals surface area contributed by atoms with E-state index in [1.165, 1.54) is 0 Å². The summed E-state index contributed by atoms with van der Waals surface area (Å²) in [6.45, 7) is 4.15. The summed E-state index contributed by atoms with van der Waals surface area (Å²) in [6.07, 6.45) is 0.433. The number of hydrogen-bond donors (Lipinski definition) is 1. The standard InChI is InChI=1S/C14H19N3O/c1-2-16-10-8-14(18)17(11-9-15)12-13-6-4-3-5-7-13/h3-7,16H,2,8,10-12H2,1H3. The van der Waals surface area contributed by atoms with E-state index in [0.29, 0.717) is 19.5 Å². The number of rotatable bonds is 7. The molecule has 0 aliphatic heterocycles. The zero-order valence-corrected chi connectivity index (χ0v) is 10.7. The van der Waals surface area contributed by atoms with Gasteiger partial charge in [-0.25, -0.2) is 0 Å². The van der Waals surface area contributed by atoms with Crippen molar-refractivity contribution in [3.63, 3.8) is 0 Å². The highest BCUT2D eigenvalue weighted by Crippen LogP contribution is 2.05. The zero-order valence-electron chi connectivity index (χ0n) is 10.7. The van der Waals surface area contributed by atoms with Crippen molar-refractivity contribution in [1.29, 1.82) is 5.26 Å². The predicted octanol–water partition coefficient (Wildman–Crippen LogP) is 1.54. The monoisotopic (exact) mass is 245 g/mol. The molecule has 1 rings (SSSR count). The molecular weight excluding hydrogens is 226 g/mol. The van der Waals surface area contributed by atoms with Crippen molar-refractivity contribution < 1.29 is 4.79 Å². The van der Waals surface area contributed by atoms with E-state index in [2.05, 4.69) is 5.32 Å². The predicted molar refractivity (Wildman–Crippen MR) is 70.6 cm³/mol. The number of carbonyl (C=O) groups is 1. The molecule has 1 amide bonds. The minimum atomic E-state index is 0.0151. The highest BCUT2D eigenvalue weighted by Gasteiger charge is 2.12. The van der Waals surface area contributed by atoms with Crippen LogP contribution in [0.4, 0.5) is 0 Å². The van der Waals surface area contributed by atoms with Crippen LogP contribution in [0.1, 0.15) is 18.9 Å². The summed E-state index contributed by atoms with van der Waals surface area (Å²) in [5, 5.41) is 11.9. The SMILES string of the molecule is CCNCCC(=O)N(CC#N)Cc1ccccc1. The van der Waals surface area contributed by atoms with Crippen molar-refractivity contribution in [2.24, 2.45) is 0 Å². The molecule has 0 saturated carbocycles. The maximum absolute atomic E-state index is 11.9. The summed E-state index contributed by atoms with van der Waals surface area (Å²) in [4.78, 5) is 13.5. The van der Waals surface area contributed by atoms with Crippen LogP contribution in [0, 0.1) is 11.3 Å². The zero-order chi connectivity index (χ0) is 13.2. The molecule has 1 aromatic rings. The molecule has 0 heterocycles. The van der Waals surface area contributed by atoms with E-state index in [4.69, 9.17) is 5.26 Å². The second-order valence-corrected chi connectivity index (χ2v) is 4.00. The third-order valence-electron chi connectivity index (χ3n) is 2.60. The Morgan fingerprint density at radius 3 is 2.72 bits per heavy atom. The largest absolute Gasteiger partial charge is 0.325 e. The molecule has 0 unspecified atom stereocenters. The average molecular weight is 245 g/mol. The average Bonchev–Trinajstić information content (AvgIpc) is 2.39. The van der Waals surface area contributed by atoms with Gasteiger partial charge in [0.05, 0.1) is 6.07 Å². The van der Waals surface area contributed by atoms with E-state index >= 15 is 0 Å². The van der Waals surface area contributed by atoms with Crippen molar-refractivity contribution >= 4 is 5.91 Å². The summed E-state index contributed by atoms with van der Waals surface area (Å²) in [5.74, 6) is 0.0151. The van der Waals surface area contributed by atoms with Crippen LogP contribution in [0.15, 0.2) is 30.3 Å². The molecule has 0 bridgehead atoms. The van der Waals surface area contributed by atoms with E-state index in [9.17, 15) is 4.79 Å². The van der Waals surface area contributed by atoms with E-state index in [1.54, 1.807) is 4.90 Å². The summed E-state index contributed by atoms with van der Waals surface area (Å²) >= 11 is 0. The Kier molecular flexibility index (Phi) is 6.52. The van der Waals surface area contributed by atoms with Crippen LogP contribution in [0.25, 0.3) is 0 Å². The van der Waals surface area contributed by atoms with Gasteiger partial charge in [-0.1, -0.05) is 37.3 Å². The van der Waals surface area contributed by atoms with Crippen molar-refractivity contribution in [2.45, 2.75) is 19.9 Å². The smallest absolute Gasteiger partial charge is 0.225 e. The van der Waals surface area contributed by atoms with Gasteiger partial charge in [-0.2, -0.15) is 5.26 Å². The first-order chi connectivity index (χ1) is 8.77. The molecule has 0 radical (unpaired) electrons. The fraction of sp³-hybridized carbons (Fsp3) is 0.429. The van der Waals surface area contributed by atoms with Gasteiger partial charge in [-0.15, -0.1) is 0 Å². The Hall–Kier alpha value is -1.86. The minimum absolute atomic E-state index is 0.0151. The van der Waals surface area contributed by atoms with E-state index in [-0.39, 0.29) is 12.5 Å². The molecule has 0 spiro atoms. The van der Waals surface area contributed by atoms with Gasteiger partial charge in [0.2, 0.25) is 5.91 Å². The molecule has 0 fully saturated rings. The number of nitrogens with one attached hydrogen (secondary N) is 1. The number of nitriles is 1. The second-order valence-electron chi connectivity index (χ2n) is 4.00. The lowest BCUT2D eigenvalue weighted by Gasteiger charge is -2.19. The van der Waals surface area contributed by atoms with Gasteiger partial charge >= 0.3 is 0 Å². The fourth-order valence-corrected chi connectivity index (χ4v) is 1.65. The highest BCUT2D eigenvalue weighted by molar-refractivity contribution is 5.76. The van der Waals surface area contributed by atoms with E-state index < -0.39 is 0 Å². The molecule has 1 aromatic carbocycles. The summed E-state index contributed by atoms with van der Waals surface area (Å²) in [5.41, 5.74) is 1.05. The lowest BCUT2D eigenvalue weighted by atomic mass is 10.2. The number of nitrogens with zero attached hydrogens (tertiary/aromatic N) is 2. The molecule has 0 saturated heterocycles. The molecule has 4 heteroatoms. The highest BCUT2D eigenvalue weighted by atomic mass is 16.2.